The zero-order valence-electron chi connectivity index (χ0n) is 26.9. The molecule has 4 aliphatic rings. The number of carbonyl (C=O) groups excluding carboxylic acids is 4. The SMILES string of the molecule is CC12CCC(=O)C=C1CCC1C2C(O)CC2(C)C1CCC2(O)C(=O)COC(=O)CCC(=O)NC(Cc1c[nH]c2ccccc12)C(=O)O. The summed E-state index contributed by atoms with van der Waals surface area (Å²) in [5.41, 5.74) is -0.282. The largest absolute Gasteiger partial charge is 0.480 e. The fourth-order valence-corrected chi connectivity index (χ4v) is 9.69. The number of aliphatic hydroxyl groups excluding tert-OH is 1. The van der Waals surface area contributed by atoms with Gasteiger partial charge in [0.15, 0.2) is 12.4 Å². The Morgan fingerprint density at radius 3 is 2.62 bits per heavy atom. The number of aromatic nitrogens is 1. The minimum atomic E-state index is -1.78. The van der Waals surface area contributed by atoms with Crippen LogP contribution >= 0.6 is 0 Å². The number of para-hydroxylation sites is 1. The number of hydrogen-bond acceptors (Lipinski definition) is 8. The molecule has 47 heavy (non-hydrogen) atoms. The van der Waals surface area contributed by atoms with Crippen LogP contribution in [0.3, 0.4) is 0 Å². The van der Waals surface area contributed by atoms with E-state index in [-0.39, 0.29) is 61.1 Å². The molecule has 0 saturated heterocycles. The summed E-state index contributed by atoms with van der Waals surface area (Å²) >= 11 is 0. The number of aliphatic hydroxyl groups is 2. The summed E-state index contributed by atoms with van der Waals surface area (Å²) in [6, 6.07) is 6.22. The number of carboxylic acid groups (broad SMARTS) is 1. The van der Waals surface area contributed by atoms with E-state index in [0.717, 1.165) is 34.9 Å². The van der Waals surface area contributed by atoms with Crippen LogP contribution in [0.15, 0.2) is 42.1 Å². The van der Waals surface area contributed by atoms with E-state index in [1.54, 1.807) is 12.3 Å². The lowest BCUT2D eigenvalue weighted by Crippen LogP contribution is -2.62. The van der Waals surface area contributed by atoms with E-state index in [9.17, 15) is 39.3 Å². The predicted molar refractivity (Wildman–Crippen MR) is 170 cm³/mol. The van der Waals surface area contributed by atoms with Crippen LogP contribution in [0, 0.1) is 28.6 Å². The highest BCUT2D eigenvalue weighted by molar-refractivity contribution is 5.92. The number of nitrogens with one attached hydrogen (secondary N) is 2. The third-order valence-electron chi connectivity index (χ3n) is 12.2. The normalized spacial score (nSPS) is 33.6. The Kier molecular flexibility index (Phi) is 8.67. The second-order valence-corrected chi connectivity index (χ2v) is 14.6. The van der Waals surface area contributed by atoms with E-state index in [4.69, 9.17) is 4.74 Å². The Morgan fingerprint density at radius 2 is 1.85 bits per heavy atom. The lowest BCUT2D eigenvalue weighted by molar-refractivity contribution is -0.184. The summed E-state index contributed by atoms with van der Waals surface area (Å²) in [5.74, 6) is -3.12. The smallest absolute Gasteiger partial charge is 0.326 e. The van der Waals surface area contributed by atoms with Gasteiger partial charge in [0.05, 0.1) is 12.5 Å². The van der Waals surface area contributed by atoms with Crippen LogP contribution in [-0.2, 0) is 35.1 Å². The van der Waals surface area contributed by atoms with Gasteiger partial charge in [0, 0.05) is 41.8 Å². The molecule has 0 bridgehead atoms. The van der Waals surface area contributed by atoms with E-state index in [1.807, 2.05) is 31.2 Å². The number of hydrogen-bond donors (Lipinski definition) is 5. The van der Waals surface area contributed by atoms with Gasteiger partial charge >= 0.3 is 11.9 Å². The molecule has 0 radical (unpaired) electrons. The van der Waals surface area contributed by atoms with Gasteiger partial charge in [-0.05, 0) is 79.4 Å². The molecule has 11 heteroatoms. The van der Waals surface area contributed by atoms with Crippen molar-refractivity contribution in [2.75, 3.05) is 6.61 Å². The number of esters is 1. The van der Waals surface area contributed by atoms with Gasteiger partial charge in [-0.2, -0.15) is 0 Å². The van der Waals surface area contributed by atoms with Gasteiger partial charge in [0.1, 0.15) is 11.6 Å². The Hall–Kier alpha value is -3.83. The summed E-state index contributed by atoms with van der Waals surface area (Å²) in [4.78, 5) is 65.8. The fraction of sp³-hybridized carbons (Fsp3) is 0.583. The van der Waals surface area contributed by atoms with Gasteiger partial charge in [-0.1, -0.05) is 37.6 Å². The lowest BCUT2D eigenvalue weighted by atomic mass is 9.45. The van der Waals surface area contributed by atoms with Crippen LogP contribution in [0.4, 0.5) is 0 Å². The summed E-state index contributed by atoms with van der Waals surface area (Å²) in [6.07, 6.45) is 5.80. The topological polar surface area (TPSA) is 183 Å². The number of amides is 1. The second-order valence-electron chi connectivity index (χ2n) is 14.6. The number of H-pyrrole nitrogens is 1. The molecule has 1 heterocycles. The number of allylic oxidation sites excluding steroid dienone is 1. The Morgan fingerprint density at radius 1 is 1.09 bits per heavy atom. The highest BCUT2D eigenvalue weighted by atomic mass is 16.5. The molecule has 4 aliphatic carbocycles. The molecule has 5 N–H and O–H groups in total. The minimum Gasteiger partial charge on any atom is -0.480 e. The number of ketones is 2. The predicted octanol–water partition coefficient (Wildman–Crippen LogP) is 3.41. The van der Waals surface area contributed by atoms with Crippen molar-refractivity contribution in [2.45, 2.75) is 95.8 Å². The van der Waals surface area contributed by atoms with Crippen molar-refractivity contribution in [2.24, 2.45) is 28.6 Å². The molecule has 0 spiro atoms. The van der Waals surface area contributed by atoms with Crippen LogP contribution < -0.4 is 5.32 Å². The lowest BCUT2D eigenvalue weighted by Gasteiger charge is -2.60. The Labute approximate surface area is 273 Å². The van der Waals surface area contributed by atoms with Crippen LogP contribution in [0.5, 0.6) is 0 Å². The average molecular weight is 649 g/mol. The van der Waals surface area contributed by atoms with Gasteiger partial charge < -0.3 is 30.4 Å². The summed E-state index contributed by atoms with van der Waals surface area (Å²) in [5, 5.41) is 36.5. The van der Waals surface area contributed by atoms with E-state index >= 15 is 0 Å². The van der Waals surface area contributed by atoms with Gasteiger partial charge in [0.25, 0.3) is 0 Å². The number of aliphatic carboxylic acids is 1. The standard InChI is InChI=1S/C36H44N2O9/c1-34-13-11-22(39)16-21(34)7-8-24-25-12-14-36(46,35(25,2)17-28(40)32(24)34)29(41)19-47-31(43)10-9-30(42)38-27(33(44)45)15-20-18-37-26-6-4-3-5-23(20)26/h3-6,16,18,24-25,27-28,32,37,40,46H,7-15,17,19H2,1-2H3,(H,38,42)(H,44,45). The molecule has 11 nitrogen and oxygen atoms in total. The molecule has 8 unspecified atom stereocenters. The highest BCUT2D eigenvalue weighted by Crippen LogP contribution is 2.67. The first kappa shape index (κ1) is 33.1. The van der Waals surface area contributed by atoms with Crippen molar-refractivity contribution >= 4 is 40.3 Å². The zero-order valence-corrected chi connectivity index (χ0v) is 26.9. The number of carboxylic acids is 1. The Balaban J connectivity index is 1.03. The maximum atomic E-state index is 13.5. The average Bonchev–Trinajstić information content (AvgIpc) is 3.56. The first-order chi connectivity index (χ1) is 22.3. The van der Waals surface area contributed by atoms with Gasteiger partial charge in [-0.3, -0.25) is 19.2 Å². The number of rotatable bonds is 10. The maximum absolute atomic E-state index is 13.5. The summed E-state index contributed by atoms with van der Waals surface area (Å²) in [7, 11) is 0. The highest BCUT2D eigenvalue weighted by Gasteiger charge is 2.68. The van der Waals surface area contributed by atoms with E-state index in [2.05, 4.69) is 17.2 Å². The van der Waals surface area contributed by atoms with Crippen molar-refractivity contribution in [3.8, 4) is 0 Å². The van der Waals surface area contributed by atoms with Crippen molar-refractivity contribution in [3.05, 3.63) is 47.7 Å². The maximum Gasteiger partial charge on any atom is 0.326 e. The quantitative estimate of drug-likeness (QED) is 0.241. The van der Waals surface area contributed by atoms with E-state index in [1.165, 1.54) is 0 Å². The monoisotopic (exact) mass is 648 g/mol. The number of fused-ring (bicyclic) bond motifs is 6. The number of Topliss-reactive ketones (excluding diaryl/α,β-unsaturated/α-hetero) is 1. The van der Waals surface area contributed by atoms with Crippen LogP contribution in [0.1, 0.15) is 77.2 Å². The molecular weight excluding hydrogens is 604 g/mol. The first-order valence-corrected chi connectivity index (χ1v) is 16.7. The summed E-state index contributed by atoms with van der Waals surface area (Å²) in [6.45, 7) is 3.35. The van der Waals surface area contributed by atoms with Crippen LogP contribution in [0.2, 0.25) is 0 Å². The summed E-state index contributed by atoms with van der Waals surface area (Å²) < 4.78 is 5.22. The molecule has 1 amide bonds. The zero-order chi connectivity index (χ0) is 33.7. The molecule has 6 rings (SSSR count). The number of aromatic amines is 1. The minimum absolute atomic E-state index is 0.00770. The number of ether oxygens (including phenoxy) is 1. The molecule has 1 aromatic carbocycles. The van der Waals surface area contributed by atoms with Crippen molar-refractivity contribution in [1.29, 1.82) is 0 Å². The molecule has 0 aliphatic heterocycles. The Bertz CT molecular complexity index is 1650. The molecule has 8 atom stereocenters. The van der Waals surface area contributed by atoms with Gasteiger partial charge in [0.2, 0.25) is 11.7 Å². The molecular formula is C36H44N2O9. The first-order valence-electron chi connectivity index (χ1n) is 16.7. The van der Waals surface area contributed by atoms with E-state index < -0.39 is 53.4 Å². The molecule has 3 saturated carbocycles. The third-order valence-corrected chi connectivity index (χ3v) is 12.2. The van der Waals surface area contributed by atoms with Gasteiger partial charge in [-0.25, -0.2) is 4.79 Å². The molecule has 1 aromatic heterocycles. The second kappa shape index (κ2) is 12.3. The number of carbonyl (C=O) groups is 5. The van der Waals surface area contributed by atoms with Crippen LogP contribution in [0.25, 0.3) is 10.9 Å². The van der Waals surface area contributed by atoms with Crippen molar-refractivity contribution in [1.82, 2.24) is 10.3 Å². The molecule has 3 fully saturated rings. The third kappa shape index (κ3) is 5.71. The van der Waals surface area contributed by atoms with Crippen molar-refractivity contribution < 1.29 is 44.0 Å². The van der Waals surface area contributed by atoms with Crippen molar-refractivity contribution in [3.63, 3.8) is 0 Å². The fourth-order valence-electron chi connectivity index (χ4n) is 9.69. The van der Waals surface area contributed by atoms with E-state index in [0.29, 0.717) is 19.3 Å². The van der Waals surface area contributed by atoms with Gasteiger partial charge in [-0.15, -0.1) is 0 Å². The molecule has 252 valence electrons. The van der Waals surface area contributed by atoms with Crippen LogP contribution in [-0.4, -0.2) is 74.1 Å². The molecule has 2 aromatic rings. The number of benzene rings is 1.